The first-order valence-corrected chi connectivity index (χ1v) is 8.38. The van der Waals surface area contributed by atoms with Crippen LogP contribution in [0.3, 0.4) is 0 Å². The third-order valence-corrected chi connectivity index (χ3v) is 3.96. The smallest absolute Gasteiger partial charge is 0.257 e. The highest BCUT2D eigenvalue weighted by Crippen LogP contribution is 2.18. The number of para-hydroxylation sites is 1. The highest BCUT2D eigenvalue weighted by Gasteiger charge is 2.14. The summed E-state index contributed by atoms with van der Waals surface area (Å²) < 4.78 is 0. The Labute approximate surface area is 152 Å². The van der Waals surface area contributed by atoms with Crippen molar-refractivity contribution in [2.45, 2.75) is 13.3 Å². The van der Waals surface area contributed by atoms with Crippen molar-refractivity contribution in [2.75, 3.05) is 10.6 Å². The quantitative estimate of drug-likeness (QED) is 0.730. The molecular weight excluding hydrogens is 326 g/mol. The number of hydrogen-bond donors (Lipinski definition) is 2. The molecule has 0 bridgehead atoms. The van der Waals surface area contributed by atoms with Gasteiger partial charge < -0.3 is 10.6 Å². The maximum atomic E-state index is 12.5. The molecule has 1 heterocycles. The molecular formula is C21H19N3O2. The number of amides is 2. The summed E-state index contributed by atoms with van der Waals surface area (Å²) in [6.07, 6.45) is 4.11. The van der Waals surface area contributed by atoms with Crippen LogP contribution >= 0.6 is 0 Å². The van der Waals surface area contributed by atoms with E-state index in [1.807, 2.05) is 12.1 Å². The third kappa shape index (κ3) is 4.13. The summed E-state index contributed by atoms with van der Waals surface area (Å²) in [5, 5.41) is 5.59. The van der Waals surface area contributed by atoms with E-state index >= 15 is 0 Å². The van der Waals surface area contributed by atoms with E-state index in [4.69, 9.17) is 0 Å². The normalized spacial score (nSPS) is 10.2. The van der Waals surface area contributed by atoms with Crippen molar-refractivity contribution < 1.29 is 9.59 Å². The van der Waals surface area contributed by atoms with Crippen LogP contribution in [0.1, 0.15) is 33.2 Å². The fourth-order valence-electron chi connectivity index (χ4n) is 2.51. The summed E-state index contributed by atoms with van der Waals surface area (Å²) in [5.74, 6) is -0.565. The molecule has 0 aliphatic heterocycles. The molecule has 0 aliphatic carbocycles. The Bertz CT molecular complexity index is 906. The lowest BCUT2D eigenvalue weighted by Crippen LogP contribution is -2.18. The van der Waals surface area contributed by atoms with E-state index in [0.717, 1.165) is 12.0 Å². The van der Waals surface area contributed by atoms with Crippen LogP contribution < -0.4 is 10.6 Å². The van der Waals surface area contributed by atoms with Crippen LogP contribution in [0.5, 0.6) is 0 Å². The number of anilines is 2. The summed E-state index contributed by atoms with van der Waals surface area (Å²) in [7, 11) is 0. The van der Waals surface area contributed by atoms with Crippen LogP contribution in [0, 0.1) is 0 Å². The average molecular weight is 345 g/mol. The van der Waals surface area contributed by atoms with E-state index in [1.54, 1.807) is 60.9 Å². The molecule has 0 fully saturated rings. The van der Waals surface area contributed by atoms with Crippen LogP contribution in [0.25, 0.3) is 0 Å². The molecule has 2 amide bonds. The number of aromatic nitrogens is 1. The first-order chi connectivity index (χ1) is 12.7. The molecule has 26 heavy (non-hydrogen) atoms. The van der Waals surface area contributed by atoms with Gasteiger partial charge in [-0.3, -0.25) is 14.6 Å². The summed E-state index contributed by atoms with van der Waals surface area (Å²) in [5.41, 5.74) is 3.14. The zero-order chi connectivity index (χ0) is 18.4. The first-order valence-electron chi connectivity index (χ1n) is 8.38. The second kappa shape index (κ2) is 8.07. The molecule has 2 aromatic carbocycles. The summed E-state index contributed by atoms with van der Waals surface area (Å²) in [6, 6.07) is 17.8. The van der Waals surface area contributed by atoms with Crippen molar-refractivity contribution in [3.8, 4) is 0 Å². The number of nitrogens with zero attached hydrogens (tertiary/aromatic N) is 1. The number of nitrogens with one attached hydrogen (secondary N) is 2. The van der Waals surface area contributed by atoms with E-state index in [0.29, 0.717) is 22.5 Å². The van der Waals surface area contributed by atoms with Gasteiger partial charge in [0.25, 0.3) is 11.8 Å². The van der Waals surface area contributed by atoms with E-state index in [2.05, 4.69) is 22.5 Å². The number of rotatable bonds is 5. The van der Waals surface area contributed by atoms with Gasteiger partial charge in [-0.25, -0.2) is 0 Å². The molecule has 5 heteroatoms. The standard InChI is InChI=1S/C21H19N3O2/c1-2-15-9-11-16(12-10-15)20(25)24-19-8-4-3-7-18(19)21(26)23-17-6-5-13-22-14-17/h3-14H,2H2,1H3,(H,23,26)(H,24,25). The Morgan fingerprint density at radius 2 is 1.65 bits per heavy atom. The Morgan fingerprint density at radius 1 is 0.885 bits per heavy atom. The van der Waals surface area contributed by atoms with Crippen molar-refractivity contribution in [3.63, 3.8) is 0 Å². The highest BCUT2D eigenvalue weighted by atomic mass is 16.2. The van der Waals surface area contributed by atoms with Crippen LogP contribution in [0.2, 0.25) is 0 Å². The van der Waals surface area contributed by atoms with Crippen molar-refractivity contribution in [1.82, 2.24) is 4.98 Å². The SMILES string of the molecule is CCc1ccc(C(=O)Nc2ccccc2C(=O)Nc2cccnc2)cc1. The Hall–Kier alpha value is -3.47. The molecule has 1 aromatic heterocycles. The highest BCUT2D eigenvalue weighted by molar-refractivity contribution is 6.12. The average Bonchev–Trinajstić information content (AvgIpc) is 2.69. The van der Waals surface area contributed by atoms with Crippen LogP contribution in [-0.4, -0.2) is 16.8 Å². The molecule has 2 N–H and O–H groups in total. The van der Waals surface area contributed by atoms with Gasteiger partial charge in [-0.1, -0.05) is 31.2 Å². The van der Waals surface area contributed by atoms with E-state index in [-0.39, 0.29) is 11.8 Å². The molecule has 3 aromatic rings. The zero-order valence-electron chi connectivity index (χ0n) is 14.4. The van der Waals surface area contributed by atoms with Crippen LogP contribution in [0.4, 0.5) is 11.4 Å². The lowest BCUT2D eigenvalue weighted by atomic mass is 10.1. The molecule has 0 aliphatic rings. The van der Waals surface area contributed by atoms with Gasteiger partial charge in [-0.15, -0.1) is 0 Å². The summed E-state index contributed by atoms with van der Waals surface area (Å²) in [6.45, 7) is 2.06. The van der Waals surface area contributed by atoms with Crippen molar-refractivity contribution in [1.29, 1.82) is 0 Å². The van der Waals surface area contributed by atoms with Gasteiger partial charge in [0.1, 0.15) is 0 Å². The summed E-state index contributed by atoms with van der Waals surface area (Å²) >= 11 is 0. The molecule has 0 spiro atoms. The minimum absolute atomic E-state index is 0.255. The predicted octanol–water partition coefficient (Wildman–Crippen LogP) is 4.15. The number of carbonyl (C=O) groups excluding carboxylic acids is 2. The number of aryl methyl sites for hydroxylation is 1. The van der Waals surface area contributed by atoms with Gasteiger partial charge in [-0.2, -0.15) is 0 Å². The summed E-state index contributed by atoms with van der Waals surface area (Å²) in [4.78, 5) is 29.0. The Balaban J connectivity index is 1.78. The second-order valence-corrected chi connectivity index (χ2v) is 5.75. The number of pyridine rings is 1. The fraction of sp³-hybridized carbons (Fsp3) is 0.0952. The first kappa shape index (κ1) is 17.4. The lowest BCUT2D eigenvalue weighted by molar-refractivity contribution is 0.102. The van der Waals surface area contributed by atoms with Crippen molar-refractivity contribution in [3.05, 3.63) is 89.7 Å². The molecule has 0 unspecified atom stereocenters. The molecule has 0 atom stereocenters. The zero-order valence-corrected chi connectivity index (χ0v) is 14.4. The lowest BCUT2D eigenvalue weighted by Gasteiger charge is -2.11. The number of carbonyl (C=O) groups is 2. The van der Waals surface area contributed by atoms with Gasteiger partial charge in [0.05, 0.1) is 23.1 Å². The van der Waals surface area contributed by atoms with E-state index in [1.165, 1.54) is 0 Å². The Kier molecular flexibility index (Phi) is 5.39. The van der Waals surface area contributed by atoms with Gasteiger partial charge in [-0.05, 0) is 48.4 Å². The maximum Gasteiger partial charge on any atom is 0.257 e. The van der Waals surface area contributed by atoms with Gasteiger partial charge >= 0.3 is 0 Å². The Morgan fingerprint density at radius 3 is 2.35 bits per heavy atom. The number of benzene rings is 2. The monoisotopic (exact) mass is 345 g/mol. The topological polar surface area (TPSA) is 71.1 Å². The molecule has 0 saturated carbocycles. The van der Waals surface area contributed by atoms with Crippen molar-refractivity contribution in [2.24, 2.45) is 0 Å². The molecule has 5 nitrogen and oxygen atoms in total. The largest absolute Gasteiger partial charge is 0.321 e. The van der Waals surface area contributed by atoms with Crippen LogP contribution in [-0.2, 0) is 6.42 Å². The van der Waals surface area contributed by atoms with Crippen molar-refractivity contribution >= 4 is 23.2 Å². The predicted molar refractivity (Wildman–Crippen MR) is 102 cm³/mol. The van der Waals surface area contributed by atoms with Gasteiger partial charge in [0.2, 0.25) is 0 Å². The number of hydrogen-bond acceptors (Lipinski definition) is 3. The van der Waals surface area contributed by atoms with E-state index in [9.17, 15) is 9.59 Å². The molecule has 3 rings (SSSR count). The minimum atomic E-state index is -0.310. The molecule has 130 valence electrons. The van der Waals surface area contributed by atoms with Gasteiger partial charge in [0.15, 0.2) is 0 Å². The van der Waals surface area contributed by atoms with E-state index < -0.39 is 0 Å². The molecule has 0 saturated heterocycles. The molecule has 0 radical (unpaired) electrons. The maximum absolute atomic E-state index is 12.5. The second-order valence-electron chi connectivity index (χ2n) is 5.75. The fourth-order valence-corrected chi connectivity index (χ4v) is 2.51. The minimum Gasteiger partial charge on any atom is -0.321 e. The third-order valence-electron chi connectivity index (χ3n) is 3.96. The van der Waals surface area contributed by atoms with Crippen LogP contribution in [0.15, 0.2) is 73.1 Å². The van der Waals surface area contributed by atoms with Gasteiger partial charge in [0, 0.05) is 11.8 Å².